The minimum atomic E-state index is -0.793. The molecule has 5 heteroatoms. The van der Waals surface area contributed by atoms with Crippen LogP contribution in [-0.2, 0) is 43.6 Å². The minimum Gasteiger partial charge on any atom is -0.377 e. The molecule has 2 unspecified atom stereocenters. The second-order valence-corrected chi connectivity index (χ2v) is 8.94. The molecule has 0 spiro atoms. The maximum atomic E-state index is 13.6. The Hall–Kier alpha value is -3.38. The number of hydrogen-bond acceptors (Lipinski definition) is 5. The Morgan fingerprint density at radius 2 is 1.28 bits per heavy atom. The van der Waals surface area contributed by atoms with E-state index in [1.165, 1.54) is 6.08 Å². The van der Waals surface area contributed by atoms with E-state index in [2.05, 4.69) is 0 Å². The highest BCUT2D eigenvalue weighted by atomic mass is 16.5. The SMILES string of the molecule is O=C1C=C(C(=O)C(COCc2ccccc2)OCc2ccccc2)C(CCOCc2ccccc2)C1. The topological polar surface area (TPSA) is 61.8 Å². The van der Waals surface area contributed by atoms with Crippen molar-refractivity contribution in [1.29, 1.82) is 0 Å². The average Bonchev–Trinajstić information content (AvgIpc) is 3.30. The summed E-state index contributed by atoms with van der Waals surface area (Å²) in [4.78, 5) is 25.8. The molecule has 3 aromatic rings. The predicted octanol–water partition coefficient (Wildman–Crippen LogP) is 5.48. The van der Waals surface area contributed by atoms with Crippen LogP contribution in [-0.4, -0.2) is 30.9 Å². The number of ketones is 2. The smallest absolute Gasteiger partial charge is 0.190 e. The van der Waals surface area contributed by atoms with Crippen LogP contribution in [0.3, 0.4) is 0 Å². The average molecular weight is 485 g/mol. The molecule has 0 saturated heterocycles. The molecule has 186 valence electrons. The van der Waals surface area contributed by atoms with Gasteiger partial charge in [-0.15, -0.1) is 0 Å². The summed E-state index contributed by atoms with van der Waals surface area (Å²) in [6.07, 6.45) is 1.62. The third-order valence-electron chi connectivity index (χ3n) is 6.18. The van der Waals surface area contributed by atoms with Crippen molar-refractivity contribution in [3.05, 3.63) is 119 Å². The molecule has 0 aliphatic heterocycles. The lowest BCUT2D eigenvalue weighted by atomic mass is 9.92. The van der Waals surface area contributed by atoms with Crippen LogP contribution in [0, 0.1) is 5.92 Å². The normalized spacial score (nSPS) is 16.1. The van der Waals surface area contributed by atoms with Crippen molar-refractivity contribution < 1.29 is 23.8 Å². The zero-order valence-corrected chi connectivity index (χ0v) is 20.4. The number of rotatable bonds is 14. The Balaban J connectivity index is 1.36. The van der Waals surface area contributed by atoms with Gasteiger partial charge in [-0.3, -0.25) is 9.59 Å². The first kappa shape index (κ1) is 25.7. The van der Waals surface area contributed by atoms with E-state index in [4.69, 9.17) is 14.2 Å². The van der Waals surface area contributed by atoms with Crippen molar-refractivity contribution in [3.63, 3.8) is 0 Å². The lowest BCUT2D eigenvalue weighted by molar-refractivity contribution is -0.133. The number of allylic oxidation sites excluding steroid dienone is 1. The summed E-state index contributed by atoms with van der Waals surface area (Å²) >= 11 is 0. The maximum Gasteiger partial charge on any atom is 0.190 e. The van der Waals surface area contributed by atoms with Crippen LogP contribution >= 0.6 is 0 Å². The summed E-state index contributed by atoms with van der Waals surface area (Å²) in [5, 5.41) is 0. The van der Waals surface area contributed by atoms with Gasteiger partial charge in [-0.2, -0.15) is 0 Å². The van der Waals surface area contributed by atoms with Gasteiger partial charge >= 0.3 is 0 Å². The number of hydrogen-bond donors (Lipinski definition) is 0. The van der Waals surface area contributed by atoms with Crippen LogP contribution in [0.4, 0.5) is 0 Å². The van der Waals surface area contributed by atoms with Gasteiger partial charge in [-0.05, 0) is 35.1 Å². The van der Waals surface area contributed by atoms with Gasteiger partial charge < -0.3 is 14.2 Å². The lowest BCUT2D eigenvalue weighted by Crippen LogP contribution is -2.32. The van der Waals surface area contributed by atoms with Crippen molar-refractivity contribution in [1.82, 2.24) is 0 Å². The van der Waals surface area contributed by atoms with Crippen LogP contribution < -0.4 is 0 Å². The summed E-state index contributed by atoms with van der Waals surface area (Å²) in [5.41, 5.74) is 3.61. The molecule has 4 rings (SSSR count). The van der Waals surface area contributed by atoms with E-state index in [1.807, 2.05) is 91.0 Å². The molecule has 1 aliphatic carbocycles. The van der Waals surface area contributed by atoms with Crippen molar-refractivity contribution in [3.8, 4) is 0 Å². The second-order valence-electron chi connectivity index (χ2n) is 8.94. The number of ether oxygens (including phenoxy) is 3. The number of benzene rings is 3. The van der Waals surface area contributed by atoms with Gasteiger partial charge in [0.1, 0.15) is 6.10 Å². The van der Waals surface area contributed by atoms with Gasteiger partial charge in [0.2, 0.25) is 0 Å². The molecule has 0 fully saturated rings. The van der Waals surface area contributed by atoms with E-state index in [9.17, 15) is 9.59 Å². The monoisotopic (exact) mass is 484 g/mol. The molecule has 36 heavy (non-hydrogen) atoms. The van der Waals surface area contributed by atoms with Crippen molar-refractivity contribution >= 4 is 11.6 Å². The fourth-order valence-corrected chi connectivity index (χ4v) is 4.24. The minimum absolute atomic E-state index is 0.0292. The van der Waals surface area contributed by atoms with E-state index in [1.54, 1.807) is 0 Å². The highest BCUT2D eigenvalue weighted by Gasteiger charge is 2.33. The van der Waals surface area contributed by atoms with Gasteiger partial charge in [0.25, 0.3) is 0 Å². The van der Waals surface area contributed by atoms with Crippen molar-refractivity contribution in [2.45, 2.75) is 38.8 Å². The summed E-state index contributed by atoms with van der Waals surface area (Å²) in [6.45, 7) is 1.76. The molecule has 2 atom stereocenters. The molecule has 3 aromatic carbocycles. The van der Waals surface area contributed by atoms with Gasteiger partial charge in [0, 0.05) is 18.6 Å². The highest BCUT2D eigenvalue weighted by Crippen LogP contribution is 2.29. The van der Waals surface area contributed by atoms with E-state index in [0.29, 0.717) is 38.2 Å². The molecule has 0 heterocycles. The van der Waals surface area contributed by atoms with E-state index in [-0.39, 0.29) is 30.7 Å². The van der Waals surface area contributed by atoms with Crippen molar-refractivity contribution in [2.75, 3.05) is 13.2 Å². The fourth-order valence-electron chi connectivity index (χ4n) is 4.24. The summed E-state index contributed by atoms with van der Waals surface area (Å²) in [5.74, 6) is -0.381. The van der Waals surface area contributed by atoms with Gasteiger partial charge in [0.05, 0.1) is 26.4 Å². The largest absolute Gasteiger partial charge is 0.377 e. The first-order valence-electron chi connectivity index (χ1n) is 12.4. The molecule has 0 radical (unpaired) electrons. The van der Waals surface area contributed by atoms with E-state index >= 15 is 0 Å². The molecular weight excluding hydrogens is 452 g/mol. The summed E-state index contributed by atoms with van der Waals surface area (Å²) in [7, 11) is 0. The Bertz CT molecular complexity index is 1130. The van der Waals surface area contributed by atoms with Gasteiger partial charge in [-0.1, -0.05) is 91.0 Å². The lowest BCUT2D eigenvalue weighted by Gasteiger charge is -2.21. The maximum absolute atomic E-state index is 13.6. The standard InChI is InChI=1S/C31H32O5/c32-28-18-27(16-17-34-20-24-10-4-1-5-11-24)29(19-28)31(33)30(36-22-26-14-8-3-9-15-26)23-35-21-25-12-6-2-7-13-25/h1-15,19,27,30H,16-18,20-23H2. The van der Waals surface area contributed by atoms with Gasteiger partial charge in [0.15, 0.2) is 11.6 Å². The Morgan fingerprint density at radius 3 is 1.86 bits per heavy atom. The Labute approximate surface area is 212 Å². The third kappa shape index (κ3) is 7.82. The first-order chi connectivity index (χ1) is 17.7. The van der Waals surface area contributed by atoms with Crippen LogP contribution in [0.5, 0.6) is 0 Å². The van der Waals surface area contributed by atoms with Crippen LogP contribution in [0.2, 0.25) is 0 Å². The fraction of sp³-hybridized carbons (Fsp3) is 0.290. The molecule has 0 amide bonds. The number of carbonyl (C=O) groups is 2. The summed E-state index contributed by atoms with van der Waals surface area (Å²) in [6, 6.07) is 29.5. The third-order valence-corrected chi connectivity index (χ3v) is 6.18. The Morgan fingerprint density at radius 1 is 0.750 bits per heavy atom. The zero-order chi connectivity index (χ0) is 25.0. The van der Waals surface area contributed by atoms with Crippen LogP contribution in [0.15, 0.2) is 103 Å². The highest BCUT2D eigenvalue weighted by molar-refractivity contribution is 6.08. The quantitative estimate of drug-likeness (QED) is 0.284. The second kappa shape index (κ2) is 13.6. The number of Topliss-reactive ketones (excluding diaryl/α,β-unsaturated/α-hetero) is 1. The first-order valence-corrected chi connectivity index (χ1v) is 12.4. The molecule has 0 bridgehead atoms. The predicted molar refractivity (Wildman–Crippen MR) is 138 cm³/mol. The molecule has 0 saturated carbocycles. The van der Waals surface area contributed by atoms with Crippen LogP contribution in [0.1, 0.15) is 29.5 Å². The molecular formula is C31H32O5. The van der Waals surface area contributed by atoms with Crippen molar-refractivity contribution in [2.24, 2.45) is 5.92 Å². The van der Waals surface area contributed by atoms with E-state index in [0.717, 1.165) is 16.7 Å². The molecule has 0 aromatic heterocycles. The van der Waals surface area contributed by atoms with Crippen LogP contribution in [0.25, 0.3) is 0 Å². The van der Waals surface area contributed by atoms with E-state index < -0.39 is 6.10 Å². The summed E-state index contributed by atoms with van der Waals surface area (Å²) < 4.78 is 17.7. The zero-order valence-electron chi connectivity index (χ0n) is 20.4. The van der Waals surface area contributed by atoms with Gasteiger partial charge in [-0.25, -0.2) is 0 Å². The molecule has 0 N–H and O–H groups in total. The molecule has 1 aliphatic rings. The molecule has 5 nitrogen and oxygen atoms in total. The Kier molecular flexibility index (Phi) is 9.74. The number of carbonyl (C=O) groups excluding carboxylic acids is 2.